The number of carbonyl (C=O) groups excluding carboxylic acids is 1. The highest BCUT2D eigenvalue weighted by molar-refractivity contribution is 6.31. The Morgan fingerprint density at radius 2 is 1.71 bits per heavy atom. The molecule has 0 bridgehead atoms. The average molecular weight is 394 g/mol. The predicted octanol–water partition coefficient (Wildman–Crippen LogP) is 5.97. The van der Waals surface area contributed by atoms with Crippen molar-refractivity contribution in [1.82, 2.24) is 5.32 Å². The van der Waals surface area contributed by atoms with Crippen LogP contribution in [0.5, 0.6) is 5.75 Å². The molecule has 4 heteroatoms. The maximum absolute atomic E-state index is 12.9. The van der Waals surface area contributed by atoms with Gasteiger partial charge >= 0.3 is 0 Å². The lowest BCUT2D eigenvalue weighted by atomic mass is 10.0. The molecule has 0 heterocycles. The first kappa shape index (κ1) is 20.0. The number of nitrogens with one attached hydrogen (secondary N) is 1. The topological polar surface area (TPSA) is 38.3 Å². The van der Waals surface area contributed by atoms with Gasteiger partial charge in [-0.1, -0.05) is 73.1 Å². The summed E-state index contributed by atoms with van der Waals surface area (Å²) >= 11 is 6.13. The lowest BCUT2D eigenvalue weighted by Crippen LogP contribution is -2.27. The van der Waals surface area contributed by atoms with Crippen LogP contribution in [0, 0.1) is 0 Å². The van der Waals surface area contributed by atoms with E-state index < -0.39 is 0 Å². The van der Waals surface area contributed by atoms with E-state index in [1.807, 2.05) is 37.3 Å². The van der Waals surface area contributed by atoms with Crippen LogP contribution in [-0.2, 0) is 13.0 Å². The largest absolute Gasteiger partial charge is 0.488 e. The highest BCUT2D eigenvalue weighted by Gasteiger charge is 2.17. The van der Waals surface area contributed by atoms with Crippen LogP contribution in [0.3, 0.4) is 0 Å². The van der Waals surface area contributed by atoms with Gasteiger partial charge in [0.2, 0.25) is 0 Å². The molecular formula is C24H24ClNO2. The summed E-state index contributed by atoms with van der Waals surface area (Å²) in [6, 6.07) is 23.1. The maximum Gasteiger partial charge on any atom is 0.255 e. The van der Waals surface area contributed by atoms with Crippen LogP contribution < -0.4 is 10.1 Å². The van der Waals surface area contributed by atoms with Crippen molar-refractivity contribution in [2.75, 3.05) is 0 Å². The van der Waals surface area contributed by atoms with Gasteiger partial charge in [-0.3, -0.25) is 4.79 Å². The average Bonchev–Trinajstić information content (AvgIpc) is 2.73. The fourth-order valence-corrected chi connectivity index (χ4v) is 3.11. The van der Waals surface area contributed by atoms with Gasteiger partial charge in [0.1, 0.15) is 12.4 Å². The van der Waals surface area contributed by atoms with Gasteiger partial charge in [-0.05, 0) is 48.2 Å². The van der Waals surface area contributed by atoms with Crippen molar-refractivity contribution in [2.24, 2.45) is 0 Å². The van der Waals surface area contributed by atoms with Crippen LogP contribution in [0.15, 0.2) is 72.8 Å². The molecule has 0 radical (unpaired) electrons. The molecule has 0 aliphatic carbocycles. The molecule has 28 heavy (non-hydrogen) atoms. The summed E-state index contributed by atoms with van der Waals surface area (Å²) in [6.07, 6.45) is 0.992. The second-order valence-electron chi connectivity index (χ2n) is 6.71. The van der Waals surface area contributed by atoms with Gasteiger partial charge in [0.05, 0.1) is 11.6 Å². The number of ether oxygens (including phenoxy) is 1. The number of hydrogen-bond donors (Lipinski definition) is 1. The number of amides is 1. The highest BCUT2D eigenvalue weighted by atomic mass is 35.5. The van der Waals surface area contributed by atoms with Gasteiger partial charge in [0, 0.05) is 5.02 Å². The van der Waals surface area contributed by atoms with Crippen LogP contribution in [0.1, 0.15) is 46.9 Å². The maximum atomic E-state index is 12.9. The molecular weight excluding hydrogens is 370 g/mol. The fraction of sp³-hybridized carbons (Fsp3) is 0.208. The van der Waals surface area contributed by atoms with Crippen molar-refractivity contribution in [3.8, 4) is 5.75 Å². The number of aryl methyl sites for hydroxylation is 1. The Labute approximate surface area is 171 Å². The van der Waals surface area contributed by atoms with Crippen LogP contribution in [0.4, 0.5) is 0 Å². The number of rotatable bonds is 7. The van der Waals surface area contributed by atoms with E-state index in [0.717, 1.165) is 17.5 Å². The van der Waals surface area contributed by atoms with Crippen LogP contribution in [-0.4, -0.2) is 5.91 Å². The minimum atomic E-state index is -0.211. The first-order valence-corrected chi connectivity index (χ1v) is 9.80. The quantitative estimate of drug-likeness (QED) is 0.536. The Kier molecular flexibility index (Phi) is 6.72. The summed E-state index contributed by atoms with van der Waals surface area (Å²) in [6.45, 7) is 4.47. The first-order chi connectivity index (χ1) is 13.6. The monoisotopic (exact) mass is 393 g/mol. The summed E-state index contributed by atoms with van der Waals surface area (Å²) in [5, 5.41) is 3.54. The van der Waals surface area contributed by atoms with Crippen molar-refractivity contribution < 1.29 is 9.53 Å². The second-order valence-corrected chi connectivity index (χ2v) is 7.14. The molecule has 144 valence electrons. The van der Waals surface area contributed by atoms with Gasteiger partial charge in [-0.25, -0.2) is 0 Å². The normalized spacial score (nSPS) is 11.7. The van der Waals surface area contributed by atoms with E-state index in [-0.39, 0.29) is 11.9 Å². The van der Waals surface area contributed by atoms with Crippen LogP contribution in [0.25, 0.3) is 0 Å². The van der Waals surface area contributed by atoms with E-state index in [2.05, 4.69) is 36.5 Å². The molecule has 3 nitrogen and oxygen atoms in total. The summed E-state index contributed by atoms with van der Waals surface area (Å²) < 4.78 is 5.90. The SMILES string of the molecule is CCc1ccc([C@H](C)NC(=O)c2cc(Cl)ccc2OCc2ccccc2)cc1. The van der Waals surface area contributed by atoms with E-state index in [1.54, 1.807) is 18.2 Å². The first-order valence-electron chi connectivity index (χ1n) is 9.42. The fourth-order valence-electron chi connectivity index (χ4n) is 2.94. The zero-order valence-electron chi connectivity index (χ0n) is 16.1. The number of halogens is 1. The Balaban J connectivity index is 1.73. The number of benzene rings is 3. The number of hydrogen-bond acceptors (Lipinski definition) is 2. The summed E-state index contributed by atoms with van der Waals surface area (Å²) in [5.74, 6) is 0.303. The van der Waals surface area contributed by atoms with E-state index in [1.165, 1.54) is 5.56 Å². The molecule has 3 aromatic rings. The van der Waals surface area contributed by atoms with Gasteiger partial charge in [-0.15, -0.1) is 0 Å². The lowest BCUT2D eigenvalue weighted by molar-refractivity contribution is 0.0935. The molecule has 0 aliphatic heterocycles. The molecule has 0 unspecified atom stereocenters. The van der Waals surface area contributed by atoms with E-state index in [0.29, 0.717) is 22.9 Å². The van der Waals surface area contributed by atoms with Gasteiger partial charge in [0.25, 0.3) is 5.91 Å². The standard InChI is InChI=1S/C24H24ClNO2/c1-3-18-9-11-20(12-10-18)17(2)26-24(27)22-15-21(25)13-14-23(22)28-16-19-7-5-4-6-8-19/h4-15,17H,3,16H2,1-2H3,(H,26,27)/t17-/m0/s1. The molecule has 3 aromatic carbocycles. The predicted molar refractivity (Wildman–Crippen MR) is 114 cm³/mol. The molecule has 0 saturated carbocycles. The molecule has 0 saturated heterocycles. The van der Waals surface area contributed by atoms with Crippen LogP contribution in [0.2, 0.25) is 5.02 Å². The van der Waals surface area contributed by atoms with Gasteiger partial charge < -0.3 is 10.1 Å². The van der Waals surface area contributed by atoms with Crippen molar-refractivity contribution >= 4 is 17.5 Å². The van der Waals surface area contributed by atoms with Crippen molar-refractivity contribution in [3.05, 3.63) is 100 Å². The van der Waals surface area contributed by atoms with E-state index in [4.69, 9.17) is 16.3 Å². The van der Waals surface area contributed by atoms with Gasteiger partial charge in [0.15, 0.2) is 0 Å². The third-order valence-corrected chi connectivity index (χ3v) is 4.89. The Morgan fingerprint density at radius 3 is 2.39 bits per heavy atom. The molecule has 0 fully saturated rings. The van der Waals surface area contributed by atoms with Crippen molar-refractivity contribution in [1.29, 1.82) is 0 Å². The van der Waals surface area contributed by atoms with Gasteiger partial charge in [-0.2, -0.15) is 0 Å². The minimum Gasteiger partial charge on any atom is -0.488 e. The Hall–Kier alpha value is -2.78. The number of carbonyl (C=O) groups is 1. The molecule has 1 amide bonds. The summed E-state index contributed by atoms with van der Waals surface area (Å²) in [5.41, 5.74) is 3.79. The Morgan fingerprint density at radius 1 is 1.00 bits per heavy atom. The molecule has 0 spiro atoms. The second kappa shape index (κ2) is 9.43. The zero-order valence-corrected chi connectivity index (χ0v) is 16.9. The molecule has 0 aliphatic rings. The summed E-state index contributed by atoms with van der Waals surface area (Å²) in [4.78, 5) is 12.9. The third kappa shape index (κ3) is 5.14. The molecule has 0 aromatic heterocycles. The van der Waals surface area contributed by atoms with E-state index in [9.17, 15) is 4.79 Å². The third-order valence-electron chi connectivity index (χ3n) is 4.66. The minimum absolute atomic E-state index is 0.126. The molecule has 1 atom stereocenters. The van der Waals surface area contributed by atoms with E-state index >= 15 is 0 Å². The lowest BCUT2D eigenvalue weighted by Gasteiger charge is -2.17. The highest BCUT2D eigenvalue weighted by Crippen LogP contribution is 2.25. The molecule has 1 N–H and O–H groups in total. The molecule has 3 rings (SSSR count). The smallest absolute Gasteiger partial charge is 0.255 e. The zero-order chi connectivity index (χ0) is 19.9. The van der Waals surface area contributed by atoms with Crippen molar-refractivity contribution in [3.63, 3.8) is 0 Å². The Bertz CT molecular complexity index is 923. The van der Waals surface area contributed by atoms with Crippen LogP contribution >= 0.6 is 11.6 Å². The van der Waals surface area contributed by atoms with Crippen molar-refractivity contribution in [2.45, 2.75) is 32.9 Å². The summed E-state index contributed by atoms with van der Waals surface area (Å²) in [7, 11) is 0.